The number of aryl methyl sites for hydroxylation is 2. The van der Waals surface area contributed by atoms with E-state index < -0.39 is 5.97 Å². The van der Waals surface area contributed by atoms with Gasteiger partial charge in [0.05, 0.1) is 0 Å². The minimum atomic E-state index is -0.979. The largest absolute Gasteiger partial charge is 0.476 e. The first kappa shape index (κ1) is 13.0. The first-order valence-electron chi connectivity index (χ1n) is 5.96. The van der Waals surface area contributed by atoms with Gasteiger partial charge in [-0.1, -0.05) is 13.8 Å². The summed E-state index contributed by atoms with van der Waals surface area (Å²) in [5.41, 5.74) is 1.11. The molecule has 0 aromatic carbocycles. The highest BCUT2D eigenvalue weighted by Gasteiger charge is 2.20. The number of hydrogen-bond donors (Lipinski definition) is 1. The standard InChI is InChI=1S/C13H16N2O2S/c1-5-6(2)11-14-10(13(16)17)9-7(3)8(4)18-12(9)15-11/h6H,5H2,1-4H3,(H,16,17). The number of hydrogen-bond acceptors (Lipinski definition) is 4. The topological polar surface area (TPSA) is 63.1 Å². The van der Waals surface area contributed by atoms with Crippen LogP contribution in [0, 0.1) is 13.8 Å². The van der Waals surface area contributed by atoms with Crippen LogP contribution in [-0.4, -0.2) is 21.0 Å². The van der Waals surface area contributed by atoms with Crippen LogP contribution in [0.4, 0.5) is 0 Å². The predicted octanol–water partition coefficient (Wildman–Crippen LogP) is 3.52. The Bertz CT molecular complexity index is 619. The maximum Gasteiger partial charge on any atom is 0.355 e. The zero-order valence-corrected chi connectivity index (χ0v) is 11.8. The second kappa shape index (κ2) is 4.65. The zero-order chi connectivity index (χ0) is 13.4. The maximum atomic E-state index is 11.4. The molecule has 2 aromatic rings. The minimum absolute atomic E-state index is 0.136. The van der Waals surface area contributed by atoms with Gasteiger partial charge < -0.3 is 5.11 Å². The van der Waals surface area contributed by atoms with Gasteiger partial charge in [-0.3, -0.25) is 0 Å². The van der Waals surface area contributed by atoms with E-state index in [-0.39, 0.29) is 11.6 Å². The van der Waals surface area contributed by atoms with Crippen molar-refractivity contribution in [3.8, 4) is 0 Å². The molecule has 0 aliphatic rings. The van der Waals surface area contributed by atoms with Crippen LogP contribution >= 0.6 is 11.3 Å². The molecule has 1 N–H and O–H groups in total. The minimum Gasteiger partial charge on any atom is -0.476 e. The SMILES string of the molecule is CCC(C)c1nc(C(=O)O)c2c(C)c(C)sc2n1. The molecule has 0 aliphatic carbocycles. The van der Waals surface area contributed by atoms with Crippen LogP contribution in [-0.2, 0) is 0 Å². The lowest BCUT2D eigenvalue weighted by molar-refractivity contribution is 0.0692. The number of carboxylic acid groups (broad SMARTS) is 1. The maximum absolute atomic E-state index is 11.4. The molecule has 0 fully saturated rings. The van der Waals surface area contributed by atoms with E-state index in [1.165, 1.54) is 11.3 Å². The molecule has 0 amide bonds. The highest BCUT2D eigenvalue weighted by Crippen LogP contribution is 2.32. The van der Waals surface area contributed by atoms with Gasteiger partial charge in [0.2, 0.25) is 0 Å². The molecular weight excluding hydrogens is 248 g/mol. The van der Waals surface area contributed by atoms with Gasteiger partial charge in [-0.25, -0.2) is 14.8 Å². The van der Waals surface area contributed by atoms with Crippen molar-refractivity contribution < 1.29 is 9.90 Å². The van der Waals surface area contributed by atoms with Crippen molar-refractivity contribution in [1.29, 1.82) is 0 Å². The summed E-state index contributed by atoms with van der Waals surface area (Å²) in [5, 5.41) is 10.0. The highest BCUT2D eigenvalue weighted by molar-refractivity contribution is 7.18. The van der Waals surface area contributed by atoms with Gasteiger partial charge in [0, 0.05) is 16.2 Å². The Morgan fingerprint density at radius 2 is 2.06 bits per heavy atom. The Morgan fingerprint density at radius 3 is 2.61 bits per heavy atom. The summed E-state index contributed by atoms with van der Waals surface area (Å²) in [7, 11) is 0. The molecule has 0 aliphatic heterocycles. The predicted molar refractivity (Wildman–Crippen MR) is 72.6 cm³/mol. The second-order valence-electron chi connectivity index (χ2n) is 4.51. The smallest absolute Gasteiger partial charge is 0.355 e. The normalized spacial score (nSPS) is 12.9. The van der Waals surface area contributed by atoms with Crippen molar-refractivity contribution in [2.45, 2.75) is 40.0 Å². The molecule has 0 bridgehead atoms. The quantitative estimate of drug-likeness (QED) is 0.921. The monoisotopic (exact) mass is 264 g/mol. The summed E-state index contributed by atoms with van der Waals surface area (Å²) in [6, 6.07) is 0. The van der Waals surface area contributed by atoms with Crippen LogP contribution in [0.1, 0.15) is 52.9 Å². The molecule has 96 valence electrons. The Balaban J connectivity index is 2.79. The van der Waals surface area contributed by atoms with Gasteiger partial charge in [-0.2, -0.15) is 0 Å². The summed E-state index contributed by atoms with van der Waals surface area (Å²) in [6.45, 7) is 7.97. The Hall–Kier alpha value is -1.49. The van der Waals surface area contributed by atoms with Gasteiger partial charge in [0.15, 0.2) is 5.69 Å². The van der Waals surface area contributed by atoms with Crippen LogP contribution in [0.2, 0.25) is 0 Å². The van der Waals surface area contributed by atoms with Crippen LogP contribution in [0.5, 0.6) is 0 Å². The van der Waals surface area contributed by atoms with E-state index in [2.05, 4.69) is 9.97 Å². The van der Waals surface area contributed by atoms with E-state index in [1.807, 2.05) is 27.7 Å². The first-order valence-corrected chi connectivity index (χ1v) is 6.78. The van der Waals surface area contributed by atoms with Gasteiger partial charge in [0.1, 0.15) is 10.7 Å². The summed E-state index contributed by atoms with van der Waals surface area (Å²) < 4.78 is 0. The number of nitrogens with zero attached hydrogens (tertiary/aromatic N) is 2. The van der Waals surface area contributed by atoms with E-state index >= 15 is 0 Å². The molecule has 18 heavy (non-hydrogen) atoms. The molecule has 2 rings (SSSR count). The number of fused-ring (bicyclic) bond motifs is 1. The molecule has 1 atom stereocenters. The van der Waals surface area contributed by atoms with E-state index in [9.17, 15) is 9.90 Å². The zero-order valence-electron chi connectivity index (χ0n) is 10.9. The number of carbonyl (C=O) groups is 1. The van der Waals surface area contributed by atoms with E-state index in [0.717, 1.165) is 21.7 Å². The van der Waals surface area contributed by atoms with E-state index in [0.29, 0.717) is 11.2 Å². The number of aromatic carboxylic acids is 1. The molecule has 0 spiro atoms. The lowest BCUT2D eigenvalue weighted by Crippen LogP contribution is -2.08. The third-order valence-corrected chi connectivity index (χ3v) is 4.40. The molecule has 2 heterocycles. The first-order chi connectivity index (χ1) is 8.45. The second-order valence-corrected chi connectivity index (χ2v) is 5.71. The van der Waals surface area contributed by atoms with Crippen LogP contribution < -0.4 is 0 Å². The number of rotatable bonds is 3. The molecule has 5 heteroatoms. The molecule has 0 saturated heterocycles. The van der Waals surface area contributed by atoms with Gasteiger partial charge in [0.25, 0.3) is 0 Å². The van der Waals surface area contributed by atoms with Crippen molar-refractivity contribution >= 4 is 27.5 Å². The number of thiophene rings is 1. The van der Waals surface area contributed by atoms with Gasteiger partial charge in [-0.05, 0) is 25.8 Å². The number of carboxylic acids is 1. The summed E-state index contributed by atoms with van der Waals surface area (Å²) in [5.74, 6) is -0.174. The van der Waals surface area contributed by atoms with Crippen LogP contribution in [0.25, 0.3) is 10.2 Å². The Morgan fingerprint density at radius 1 is 1.39 bits per heavy atom. The third kappa shape index (κ3) is 1.99. The molecule has 2 aromatic heterocycles. The average Bonchev–Trinajstić information content (AvgIpc) is 2.63. The van der Waals surface area contributed by atoms with E-state index in [1.54, 1.807) is 0 Å². The molecule has 0 radical (unpaired) electrons. The third-order valence-electron chi connectivity index (χ3n) is 3.30. The summed E-state index contributed by atoms with van der Waals surface area (Å²) in [6.07, 6.45) is 0.897. The van der Waals surface area contributed by atoms with Crippen molar-refractivity contribution in [3.63, 3.8) is 0 Å². The van der Waals surface area contributed by atoms with Crippen molar-refractivity contribution in [2.24, 2.45) is 0 Å². The van der Waals surface area contributed by atoms with Gasteiger partial charge >= 0.3 is 5.97 Å². The number of aromatic nitrogens is 2. The molecule has 4 nitrogen and oxygen atoms in total. The van der Waals surface area contributed by atoms with E-state index in [4.69, 9.17) is 0 Å². The molecule has 1 unspecified atom stereocenters. The molecule has 0 saturated carbocycles. The van der Waals surface area contributed by atoms with Gasteiger partial charge in [-0.15, -0.1) is 11.3 Å². The van der Waals surface area contributed by atoms with Crippen molar-refractivity contribution in [3.05, 3.63) is 22.0 Å². The fourth-order valence-corrected chi connectivity index (χ4v) is 2.86. The fraction of sp³-hybridized carbons (Fsp3) is 0.462. The van der Waals surface area contributed by atoms with Crippen LogP contribution in [0.15, 0.2) is 0 Å². The Kier molecular flexibility index (Phi) is 3.34. The fourth-order valence-electron chi connectivity index (χ4n) is 1.82. The average molecular weight is 264 g/mol. The summed E-state index contributed by atoms with van der Waals surface area (Å²) in [4.78, 5) is 22.0. The lowest BCUT2D eigenvalue weighted by atomic mass is 10.1. The highest BCUT2D eigenvalue weighted by atomic mass is 32.1. The Labute approximate surface area is 110 Å². The lowest BCUT2D eigenvalue weighted by Gasteiger charge is -2.08. The summed E-state index contributed by atoms with van der Waals surface area (Å²) >= 11 is 1.54. The van der Waals surface area contributed by atoms with Crippen LogP contribution in [0.3, 0.4) is 0 Å². The van der Waals surface area contributed by atoms with Crippen molar-refractivity contribution in [2.75, 3.05) is 0 Å². The molecular formula is C13H16N2O2S. The van der Waals surface area contributed by atoms with Crippen molar-refractivity contribution in [1.82, 2.24) is 9.97 Å².